The number of carbonyl (C=O) groups is 2. The van der Waals surface area contributed by atoms with Gasteiger partial charge in [-0.2, -0.15) is 10.4 Å². The molecule has 8 heteroatoms. The monoisotopic (exact) mass is 436 g/mol. The minimum atomic E-state index is -0.557. The molecule has 1 atom stereocenters. The molecule has 8 nitrogen and oxygen atoms in total. The zero-order valence-electron chi connectivity index (χ0n) is 19.6. The summed E-state index contributed by atoms with van der Waals surface area (Å²) in [5.74, 6) is -1.19. The number of carbonyl (C=O) groups excluding carboxylic acids is 2. The lowest BCUT2D eigenvalue weighted by molar-refractivity contribution is -0.128. The topological polar surface area (TPSA) is 140 Å². The van der Waals surface area contributed by atoms with Crippen molar-refractivity contribution < 1.29 is 9.59 Å². The first-order valence-corrected chi connectivity index (χ1v) is 10.5. The van der Waals surface area contributed by atoms with Crippen molar-refractivity contribution in [3.05, 3.63) is 47.2 Å². The number of nitrogens with two attached hydrogens (primary N) is 2. The van der Waals surface area contributed by atoms with Crippen molar-refractivity contribution in [2.75, 3.05) is 5.73 Å². The summed E-state index contributed by atoms with van der Waals surface area (Å²) in [5.41, 5.74) is 14.6. The maximum Gasteiger partial charge on any atom is 0.252 e. The largest absolute Gasteiger partial charge is 0.402 e. The number of nitrogen functional groups attached to an aromatic ring is 1. The average molecular weight is 437 g/mol. The van der Waals surface area contributed by atoms with Crippen LogP contribution in [0.25, 0.3) is 11.3 Å². The Balaban J connectivity index is 2.16. The number of hydrogen-bond acceptors (Lipinski definition) is 6. The molecule has 32 heavy (non-hydrogen) atoms. The van der Waals surface area contributed by atoms with Gasteiger partial charge in [-0.1, -0.05) is 45.0 Å². The lowest BCUT2D eigenvalue weighted by atomic mass is 9.90. The highest BCUT2D eigenvalue weighted by Crippen LogP contribution is 2.29. The van der Waals surface area contributed by atoms with Crippen molar-refractivity contribution in [3.8, 4) is 17.3 Å². The van der Waals surface area contributed by atoms with Crippen molar-refractivity contribution in [2.24, 2.45) is 11.1 Å². The highest BCUT2D eigenvalue weighted by atomic mass is 16.2. The van der Waals surface area contributed by atoms with E-state index >= 15 is 0 Å². The molecule has 0 bridgehead atoms. The predicted octanol–water partition coefficient (Wildman–Crippen LogP) is 3.61. The van der Waals surface area contributed by atoms with E-state index in [4.69, 9.17) is 11.5 Å². The van der Waals surface area contributed by atoms with Crippen LogP contribution in [0.2, 0.25) is 0 Å². The smallest absolute Gasteiger partial charge is 0.252 e. The van der Waals surface area contributed by atoms with E-state index in [9.17, 15) is 14.9 Å². The second-order valence-electron chi connectivity index (χ2n) is 9.41. The Labute approximate surface area is 189 Å². The first-order valence-electron chi connectivity index (χ1n) is 10.5. The Morgan fingerprint density at radius 1 is 1.22 bits per heavy atom. The molecule has 2 aromatic rings. The molecule has 1 heterocycles. The van der Waals surface area contributed by atoms with E-state index in [-0.39, 0.29) is 11.5 Å². The van der Waals surface area contributed by atoms with Crippen molar-refractivity contribution in [2.45, 2.75) is 59.9 Å². The van der Waals surface area contributed by atoms with E-state index < -0.39 is 17.7 Å². The fraction of sp³-hybridized carbons (Fsp3) is 0.417. The summed E-state index contributed by atoms with van der Waals surface area (Å²) in [7, 11) is 0. The molecule has 0 radical (unpaired) electrons. The molecule has 0 aliphatic rings. The summed E-state index contributed by atoms with van der Waals surface area (Å²) < 4.78 is 1.61. The quantitative estimate of drug-likeness (QED) is 0.591. The van der Waals surface area contributed by atoms with Crippen LogP contribution in [-0.4, -0.2) is 21.6 Å². The highest BCUT2D eigenvalue weighted by molar-refractivity contribution is 6.03. The SMILES string of the molecule is CC(C(=O)NC(=O)C=C(N)CC(C)(C)C)c1ccc(-c2nn(C(C)C)c(N)c2C#N)cc1. The van der Waals surface area contributed by atoms with Crippen LogP contribution in [0.4, 0.5) is 5.82 Å². The molecule has 5 N–H and O–H groups in total. The summed E-state index contributed by atoms with van der Waals surface area (Å²) in [6.07, 6.45) is 1.81. The Morgan fingerprint density at radius 3 is 2.31 bits per heavy atom. The number of benzene rings is 1. The third-order valence-corrected chi connectivity index (χ3v) is 4.92. The van der Waals surface area contributed by atoms with Crippen LogP contribution in [-0.2, 0) is 9.59 Å². The van der Waals surface area contributed by atoms with Gasteiger partial charge in [-0.05, 0) is 38.2 Å². The van der Waals surface area contributed by atoms with Crippen LogP contribution in [0.1, 0.15) is 71.0 Å². The predicted molar refractivity (Wildman–Crippen MR) is 125 cm³/mol. The van der Waals surface area contributed by atoms with Crippen LogP contribution >= 0.6 is 0 Å². The fourth-order valence-corrected chi connectivity index (χ4v) is 3.33. The van der Waals surface area contributed by atoms with Gasteiger partial charge in [0.1, 0.15) is 23.1 Å². The van der Waals surface area contributed by atoms with E-state index in [0.717, 1.165) is 11.1 Å². The van der Waals surface area contributed by atoms with Gasteiger partial charge in [-0.15, -0.1) is 0 Å². The van der Waals surface area contributed by atoms with Crippen LogP contribution in [0.15, 0.2) is 36.0 Å². The molecule has 1 aromatic heterocycles. The molecule has 1 aromatic carbocycles. The summed E-state index contributed by atoms with van der Waals surface area (Å²) in [6, 6.07) is 9.26. The van der Waals surface area contributed by atoms with E-state index in [2.05, 4.69) is 16.5 Å². The molecule has 0 aliphatic carbocycles. The van der Waals surface area contributed by atoms with E-state index in [1.807, 2.05) is 34.6 Å². The Kier molecular flexibility index (Phi) is 7.47. The maximum atomic E-state index is 12.5. The van der Waals surface area contributed by atoms with Gasteiger partial charge >= 0.3 is 0 Å². The summed E-state index contributed by atoms with van der Waals surface area (Å²) in [5, 5.41) is 16.4. The Hall–Kier alpha value is -3.60. The van der Waals surface area contributed by atoms with Gasteiger partial charge in [0, 0.05) is 23.4 Å². The molecule has 0 fully saturated rings. The van der Waals surface area contributed by atoms with E-state index in [0.29, 0.717) is 29.2 Å². The first-order chi connectivity index (χ1) is 14.8. The first kappa shape index (κ1) is 24.7. The number of imide groups is 1. The second-order valence-corrected chi connectivity index (χ2v) is 9.41. The Bertz CT molecular complexity index is 1070. The van der Waals surface area contributed by atoms with Crippen molar-refractivity contribution in [3.63, 3.8) is 0 Å². The average Bonchev–Trinajstić information content (AvgIpc) is 3.02. The molecule has 1 unspecified atom stereocenters. The number of nitrogens with zero attached hydrogens (tertiary/aromatic N) is 3. The van der Waals surface area contributed by atoms with E-state index in [1.54, 1.807) is 35.9 Å². The zero-order valence-corrected chi connectivity index (χ0v) is 19.6. The van der Waals surface area contributed by atoms with Crippen molar-refractivity contribution >= 4 is 17.6 Å². The number of allylic oxidation sites excluding steroid dienone is 1. The summed E-state index contributed by atoms with van der Waals surface area (Å²) in [4.78, 5) is 24.7. The van der Waals surface area contributed by atoms with E-state index in [1.165, 1.54) is 6.08 Å². The Morgan fingerprint density at radius 2 is 1.81 bits per heavy atom. The van der Waals surface area contributed by atoms with Gasteiger partial charge in [0.2, 0.25) is 5.91 Å². The summed E-state index contributed by atoms with van der Waals surface area (Å²) in [6.45, 7) is 11.6. The van der Waals surface area contributed by atoms with Crippen molar-refractivity contribution in [1.29, 1.82) is 5.26 Å². The van der Waals surface area contributed by atoms with Crippen LogP contribution in [0.3, 0.4) is 0 Å². The number of anilines is 1. The van der Waals surface area contributed by atoms with Gasteiger partial charge in [-0.25, -0.2) is 4.68 Å². The highest BCUT2D eigenvalue weighted by Gasteiger charge is 2.21. The number of rotatable bonds is 6. The standard InChI is InChI=1S/C24H32N6O2/c1-14(2)30-22(27)19(13-25)21(29-30)17-9-7-16(8-10-17)15(3)23(32)28-20(31)11-18(26)12-24(4,5)6/h7-11,14-15H,12,26-27H2,1-6H3,(H,28,31,32). The van der Waals surface area contributed by atoms with Gasteiger partial charge in [-0.3, -0.25) is 14.9 Å². The lowest BCUT2D eigenvalue weighted by Gasteiger charge is -2.18. The maximum absolute atomic E-state index is 12.5. The lowest BCUT2D eigenvalue weighted by Crippen LogP contribution is -2.33. The molecule has 0 saturated heterocycles. The second kappa shape index (κ2) is 9.69. The molecule has 0 saturated carbocycles. The number of nitriles is 1. The fourth-order valence-electron chi connectivity index (χ4n) is 3.33. The minimum Gasteiger partial charge on any atom is -0.402 e. The number of amides is 2. The zero-order chi connectivity index (χ0) is 24.2. The minimum absolute atomic E-state index is 0.0165. The van der Waals surface area contributed by atoms with Crippen LogP contribution in [0.5, 0.6) is 0 Å². The molecule has 2 rings (SSSR count). The molecule has 170 valence electrons. The molecule has 0 spiro atoms. The third-order valence-electron chi connectivity index (χ3n) is 4.92. The molecule has 2 amide bonds. The van der Waals surface area contributed by atoms with Crippen LogP contribution in [0, 0.1) is 16.7 Å². The molecule has 0 aliphatic heterocycles. The van der Waals surface area contributed by atoms with Gasteiger partial charge in [0.05, 0.1) is 5.92 Å². The normalized spacial score (nSPS) is 13.0. The van der Waals surface area contributed by atoms with Gasteiger partial charge < -0.3 is 11.5 Å². The number of nitrogens with one attached hydrogen (secondary N) is 1. The van der Waals surface area contributed by atoms with Gasteiger partial charge in [0.25, 0.3) is 5.91 Å². The molecular weight excluding hydrogens is 404 g/mol. The van der Waals surface area contributed by atoms with Gasteiger partial charge in [0.15, 0.2) is 0 Å². The van der Waals surface area contributed by atoms with Crippen molar-refractivity contribution in [1.82, 2.24) is 15.1 Å². The summed E-state index contributed by atoms with van der Waals surface area (Å²) >= 11 is 0. The number of aromatic nitrogens is 2. The molecular formula is C24H32N6O2. The van der Waals surface area contributed by atoms with Crippen LogP contribution < -0.4 is 16.8 Å². The number of hydrogen-bond donors (Lipinski definition) is 3. The third kappa shape index (κ3) is 5.97.